The van der Waals surface area contributed by atoms with Gasteiger partial charge in [-0.25, -0.2) is 13.4 Å². The lowest BCUT2D eigenvalue weighted by Crippen LogP contribution is -2.57. The van der Waals surface area contributed by atoms with E-state index < -0.39 is 15.1 Å². The van der Waals surface area contributed by atoms with Gasteiger partial charge in [-0.05, 0) is 24.3 Å². The lowest BCUT2D eigenvalue weighted by atomic mass is 10.1. The van der Waals surface area contributed by atoms with E-state index in [4.69, 9.17) is 4.74 Å². The van der Waals surface area contributed by atoms with Crippen molar-refractivity contribution in [2.24, 2.45) is 7.05 Å². The van der Waals surface area contributed by atoms with Crippen LogP contribution in [0.15, 0.2) is 60.1 Å². The lowest BCUT2D eigenvalue weighted by Gasteiger charge is -2.38. The Labute approximate surface area is 161 Å². The van der Waals surface area contributed by atoms with Gasteiger partial charge in [0.25, 0.3) is 5.91 Å². The van der Waals surface area contributed by atoms with Crippen molar-refractivity contribution in [3.05, 3.63) is 60.6 Å². The third kappa shape index (κ3) is 3.33. The summed E-state index contributed by atoms with van der Waals surface area (Å²) in [7, 11) is -2.05. The fourth-order valence-electron chi connectivity index (χ4n) is 2.88. The Balaban J connectivity index is 1.44. The average Bonchev–Trinajstić information content (AvgIpc) is 3.08. The van der Waals surface area contributed by atoms with E-state index in [0.29, 0.717) is 17.2 Å². The van der Waals surface area contributed by atoms with Gasteiger partial charge < -0.3 is 14.2 Å². The van der Waals surface area contributed by atoms with E-state index in [0.717, 1.165) is 0 Å². The Bertz CT molecular complexity index is 1110. The molecule has 1 aliphatic rings. The van der Waals surface area contributed by atoms with Crippen molar-refractivity contribution in [2.75, 3.05) is 13.1 Å². The first-order valence-corrected chi connectivity index (χ1v) is 10.1. The molecule has 10 heteroatoms. The van der Waals surface area contributed by atoms with Crippen LogP contribution in [0.3, 0.4) is 0 Å². The smallest absolute Gasteiger partial charge is 0.254 e. The highest BCUT2D eigenvalue weighted by atomic mass is 32.2. The molecule has 28 heavy (non-hydrogen) atoms. The van der Waals surface area contributed by atoms with E-state index in [-0.39, 0.29) is 24.2 Å². The van der Waals surface area contributed by atoms with Gasteiger partial charge >= 0.3 is 0 Å². The van der Waals surface area contributed by atoms with Crippen LogP contribution in [0.5, 0.6) is 11.6 Å². The van der Waals surface area contributed by atoms with Crippen LogP contribution in [0.1, 0.15) is 10.4 Å². The number of hydrogen-bond acceptors (Lipinski definition) is 7. The van der Waals surface area contributed by atoms with Crippen molar-refractivity contribution in [1.29, 1.82) is 0 Å². The number of carbonyl (C=O) groups is 1. The Morgan fingerprint density at radius 2 is 2.00 bits per heavy atom. The quantitative estimate of drug-likeness (QED) is 0.636. The van der Waals surface area contributed by atoms with Crippen molar-refractivity contribution < 1.29 is 17.9 Å². The number of rotatable bonds is 5. The molecule has 0 spiro atoms. The Hall–Kier alpha value is -3.27. The maximum Gasteiger partial charge on any atom is 0.254 e. The average molecular weight is 399 g/mol. The van der Waals surface area contributed by atoms with Crippen molar-refractivity contribution in [3.63, 3.8) is 0 Å². The van der Waals surface area contributed by atoms with Crippen molar-refractivity contribution in [1.82, 2.24) is 24.6 Å². The highest BCUT2D eigenvalue weighted by Gasteiger charge is 2.42. The van der Waals surface area contributed by atoms with Gasteiger partial charge in [-0.15, -0.1) is 10.2 Å². The van der Waals surface area contributed by atoms with E-state index >= 15 is 0 Å². The number of sulfone groups is 1. The summed E-state index contributed by atoms with van der Waals surface area (Å²) in [5.74, 6) is 0.648. The third-order valence-electron chi connectivity index (χ3n) is 4.44. The van der Waals surface area contributed by atoms with Crippen LogP contribution in [0.2, 0.25) is 0 Å². The van der Waals surface area contributed by atoms with Crippen LogP contribution in [0.4, 0.5) is 0 Å². The number of aromatic nitrogens is 4. The molecule has 1 aromatic carbocycles. The number of carbonyl (C=O) groups excluding carboxylic acids is 1. The zero-order valence-corrected chi connectivity index (χ0v) is 15.8. The first-order chi connectivity index (χ1) is 13.4. The molecule has 0 aliphatic carbocycles. The zero-order valence-electron chi connectivity index (χ0n) is 15.0. The van der Waals surface area contributed by atoms with Gasteiger partial charge in [-0.2, -0.15) is 0 Å². The minimum atomic E-state index is -3.62. The second kappa shape index (κ2) is 7.04. The maximum atomic E-state index is 12.7. The number of aryl methyl sites for hydroxylation is 1. The number of pyridine rings is 1. The summed E-state index contributed by atoms with van der Waals surface area (Å²) in [4.78, 5) is 18.3. The second-order valence-corrected chi connectivity index (χ2v) is 8.52. The van der Waals surface area contributed by atoms with Gasteiger partial charge in [0.1, 0.15) is 17.3 Å². The molecular weight excluding hydrogens is 382 g/mol. The van der Waals surface area contributed by atoms with Crippen LogP contribution < -0.4 is 4.74 Å². The van der Waals surface area contributed by atoms with Crippen LogP contribution in [-0.4, -0.2) is 57.3 Å². The molecule has 3 aromatic rings. The summed E-state index contributed by atoms with van der Waals surface area (Å²) in [6.45, 7) is 0.221. The molecule has 4 rings (SSSR count). The molecule has 0 unspecified atom stereocenters. The van der Waals surface area contributed by atoms with E-state index in [9.17, 15) is 13.2 Å². The summed E-state index contributed by atoms with van der Waals surface area (Å²) < 4.78 is 32.1. The van der Waals surface area contributed by atoms with Gasteiger partial charge in [0.2, 0.25) is 20.9 Å². The van der Waals surface area contributed by atoms with E-state index in [1.807, 2.05) is 0 Å². The SMILES string of the molecule is Cn1cnnc1S(=O)(=O)C1CN(C(=O)c2cccc(Oc3ccccn3)c2)C1. The number of ether oxygens (including phenoxy) is 1. The molecule has 0 saturated carbocycles. The Morgan fingerprint density at radius 1 is 1.18 bits per heavy atom. The number of amides is 1. The zero-order chi connectivity index (χ0) is 19.7. The lowest BCUT2D eigenvalue weighted by molar-refractivity contribution is 0.0658. The molecule has 1 fully saturated rings. The van der Waals surface area contributed by atoms with Crippen LogP contribution in [0.25, 0.3) is 0 Å². The minimum absolute atomic E-state index is 0.0876. The summed E-state index contributed by atoms with van der Waals surface area (Å²) in [5, 5.41) is 6.50. The highest BCUT2D eigenvalue weighted by Crippen LogP contribution is 2.26. The van der Waals surface area contributed by atoms with Crippen LogP contribution in [0, 0.1) is 0 Å². The molecule has 0 N–H and O–H groups in total. The van der Waals surface area contributed by atoms with E-state index in [1.165, 1.54) is 15.8 Å². The normalized spacial score (nSPS) is 14.5. The molecule has 0 atom stereocenters. The number of benzene rings is 1. The number of likely N-dealkylation sites (tertiary alicyclic amines) is 1. The van der Waals surface area contributed by atoms with Crippen molar-refractivity contribution in [2.45, 2.75) is 10.4 Å². The van der Waals surface area contributed by atoms with Gasteiger partial charge in [-0.3, -0.25) is 4.79 Å². The topological polar surface area (TPSA) is 107 Å². The first kappa shape index (κ1) is 18.1. The molecule has 0 radical (unpaired) electrons. The van der Waals surface area contributed by atoms with Crippen molar-refractivity contribution in [3.8, 4) is 11.6 Å². The summed E-state index contributed by atoms with van der Waals surface area (Å²) in [6.07, 6.45) is 2.95. The summed E-state index contributed by atoms with van der Waals surface area (Å²) >= 11 is 0. The van der Waals surface area contributed by atoms with Gasteiger partial charge in [0.05, 0.1) is 0 Å². The van der Waals surface area contributed by atoms with Gasteiger partial charge in [0.15, 0.2) is 0 Å². The Kier molecular flexibility index (Phi) is 4.55. The predicted molar refractivity (Wildman–Crippen MR) is 98.6 cm³/mol. The van der Waals surface area contributed by atoms with Crippen molar-refractivity contribution >= 4 is 15.7 Å². The second-order valence-electron chi connectivity index (χ2n) is 6.40. The van der Waals surface area contributed by atoms with Crippen LogP contribution >= 0.6 is 0 Å². The molecule has 3 heterocycles. The fourth-order valence-corrected chi connectivity index (χ4v) is 4.54. The monoisotopic (exact) mass is 399 g/mol. The van der Waals surface area contributed by atoms with Crippen LogP contribution in [-0.2, 0) is 16.9 Å². The predicted octanol–water partition coefficient (Wildman–Crippen LogP) is 1.30. The maximum absolute atomic E-state index is 12.7. The first-order valence-electron chi connectivity index (χ1n) is 8.51. The third-order valence-corrected chi connectivity index (χ3v) is 6.49. The molecule has 1 amide bonds. The molecule has 9 nitrogen and oxygen atoms in total. The fraction of sp³-hybridized carbons (Fsp3) is 0.222. The van der Waals surface area contributed by atoms with E-state index in [2.05, 4.69) is 15.2 Å². The molecule has 2 aromatic heterocycles. The highest BCUT2D eigenvalue weighted by molar-refractivity contribution is 7.92. The van der Waals surface area contributed by atoms with Gasteiger partial charge in [0, 0.05) is 38.0 Å². The minimum Gasteiger partial charge on any atom is -0.439 e. The molecule has 1 aliphatic heterocycles. The summed E-state index contributed by atoms with van der Waals surface area (Å²) in [5.41, 5.74) is 0.419. The molecule has 0 bridgehead atoms. The number of hydrogen-bond donors (Lipinski definition) is 0. The number of nitrogens with zero attached hydrogens (tertiary/aromatic N) is 5. The summed E-state index contributed by atoms with van der Waals surface area (Å²) in [6, 6.07) is 12.0. The standard InChI is InChI=1S/C18H17N5O4S/c1-22-12-20-21-18(22)28(25,26)15-10-23(11-15)17(24)13-5-4-6-14(9-13)27-16-7-2-3-8-19-16/h2-9,12,15H,10-11H2,1H3. The molecule has 1 saturated heterocycles. The Morgan fingerprint density at radius 3 is 2.68 bits per heavy atom. The van der Waals surface area contributed by atoms with Gasteiger partial charge in [-0.1, -0.05) is 12.1 Å². The van der Waals surface area contributed by atoms with E-state index in [1.54, 1.807) is 55.7 Å². The molecular formula is C18H17N5O4S. The molecule has 144 valence electrons. The largest absolute Gasteiger partial charge is 0.439 e.